The topological polar surface area (TPSA) is 49.8 Å². The highest BCUT2D eigenvalue weighted by Crippen LogP contribution is 2.30. The highest BCUT2D eigenvalue weighted by Gasteiger charge is 2.23. The lowest BCUT2D eigenvalue weighted by Gasteiger charge is -2.20. The van der Waals surface area contributed by atoms with Crippen LogP contribution >= 0.6 is 0 Å². The molecule has 0 saturated heterocycles. The third kappa shape index (κ3) is 4.90. The van der Waals surface area contributed by atoms with Gasteiger partial charge in [-0.1, -0.05) is 13.0 Å². The van der Waals surface area contributed by atoms with Gasteiger partial charge in [0.25, 0.3) is 0 Å². The van der Waals surface area contributed by atoms with Gasteiger partial charge in [-0.25, -0.2) is 4.79 Å². The maximum atomic E-state index is 10.7. The van der Waals surface area contributed by atoms with E-state index in [0.717, 1.165) is 37.2 Å². The van der Waals surface area contributed by atoms with Crippen LogP contribution in [0.1, 0.15) is 30.9 Å². The first-order valence-corrected chi connectivity index (χ1v) is 7.42. The minimum atomic E-state index is -0.952. The minimum absolute atomic E-state index is 0.696. The summed E-state index contributed by atoms with van der Waals surface area (Å²) in [5, 5.41) is 8.76. The number of carboxylic acid groups (broad SMARTS) is 1. The molecule has 2 rings (SSSR count). The molecular weight excluding hydrogens is 266 g/mol. The van der Waals surface area contributed by atoms with E-state index < -0.39 is 5.97 Å². The molecule has 0 radical (unpaired) electrons. The van der Waals surface area contributed by atoms with Gasteiger partial charge in [-0.3, -0.25) is 4.90 Å². The fourth-order valence-electron chi connectivity index (χ4n) is 2.40. The van der Waals surface area contributed by atoms with Crippen LogP contribution in [0.25, 0.3) is 6.08 Å². The average molecular weight is 289 g/mol. The van der Waals surface area contributed by atoms with E-state index >= 15 is 0 Å². The van der Waals surface area contributed by atoms with Crippen molar-refractivity contribution in [2.45, 2.75) is 26.3 Å². The first kappa shape index (κ1) is 15.6. The maximum absolute atomic E-state index is 10.7. The normalized spacial score (nSPS) is 14.8. The van der Waals surface area contributed by atoms with E-state index in [2.05, 4.69) is 11.8 Å². The summed E-state index contributed by atoms with van der Waals surface area (Å²) in [6, 6.07) is 5.96. The van der Waals surface area contributed by atoms with Crippen LogP contribution in [0.2, 0.25) is 0 Å². The van der Waals surface area contributed by atoms with E-state index in [0.29, 0.717) is 5.75 Å². The van der Waals surface area contributed by atoms with Crippen LogP contribution in [0.4, 0.5) is 0 Å². The van der Waals surface area contributed by atoms with Gasteiger partial charge in [0.2, 0.25) is 0 Å². The Labute approximate surface area is 126 Å². The summed E-state index contributed by atoms with van der Waals surface area (Å²) < 4.78 is 5.28. The number of carboxylic acids is 1. The molecule has 0 bridgehead atoms. The highest BCUT2D eigenvalue weighted by atomic mass is 16.5. The lowest BCUT2D eigenvalue weighted by atomic mass is 10.1. The van der Waals surface area contributed by atoms with Crippen LogP contribution in [0, 0.1) is 5.92 Å². The van der Waals surface area contributed by atoms with E-state index in [9.17, 15) is 4.79 Å². The molecule has 0 aliphatic heterocycles. The van der Waals surface area contributed by atoms with Crippen molar-refractivity contribution in [2.24, 2.45) is 5.92 Å². The molecule has 1 fully saturated rings. The van der Waals surface area contributed by atoms with Gasteiger partial charge in [0.1, 0.15) is 5.75 Å². The zero-order valence-electron chi connectivity index (χ0n) is 12.7. The van der Waals surface area contributed by atoms with Crippen molar-refractivity contribution in [3.05, 3.63) is 35.4 Å². The van der Waals surface area contributed by atoms with E-state index in [1.54, 1.807) is 13.2 Å². The van der Waals surface area contributed by atoms with Crippen LogP contribution in [0.3, 0.4) is 0 Å². The van der Waals surface area contributed by atoms with Crippen LogP contribution in [-0.2, 0) is 11.3 Å². The van der Waals surface area contributed by atoms with Gasteiger partial charge in [0.15, 0.2) is 0 Å². The molecule has 0 atom stereocenters. The van der Waals surface area contributed by atoms with Crippen molar-refractivity contribution in [2.75, 3.05) is 20.2 Å². The van der Waals surface area contributed by atoms with Crippen LogP contribution in [0.15, 0.2) is 24.3 Å². The number of rotatable bonds is 8. The van der Waals surface area contributed by atoms with Crippen LogP contribution in [-0.4, -0.2) is 36.2 Å². The highest BCUT2D eigenvalue weighted by molar-refractivity contribution is 5.85. The fraction of sp³-hybridized carbons (Fsp3) is 0.471. The molecule has 1 aromatic carbocycles. The number of carbonyl (C=O) groups is 1. The summed E-state index contributed by atoms with van der Waals surface area (Å²) in [4.78, 5) is 13.1. The first-order valence-electron chi connectivity index (χ1n) is 7.42. The Hall–Kier alpha value is -1.81. The molecule has 1 saturated carbocycles. The molecule has 1 aliphatic rings. The lowest BCUT2D eigenvalue weighted by molar-refractivity contribution is -0.131. The largest absolute Gasteiger partial charge is 0.496 e. The second-order valence-corrected chi connectivity index (χ2v) is 5.52. The molecule has 0 heterocycles. The summed E-state index contributed by atoms with van der Waals surface area (Å²) in [6.45, 7) is 5.26. The first-order chi connectivity index (χ1) is 10.1. The number of hydrogen-bond donors (Lipinski definition) is 1. The zero-order chi connectivity index (χ0) is 15.2. The molecular formula is C17H23NO3. The van der Waals surface area contributed by atoms with Crippen LogP contribution in [0.5, 0.6) is 5.75 Å². The summed E-state index contributed by atoms with van der Waals surface area (Å²) in [6.07, 6.45) is 5.43. The van der Waals surface area contributed by atoms with Crippen molar-refractivity contribution in [1.82, 2.24) is 4.90 Å². The van der Waals surface area contributed by atoms with Crippen molar-refractivity contribution in [1.29, 1.82) is 0 Å². The fourth-order valence-corrected chi connectivity index (χ4v) is 2.40. The summed E-state index contributed by atoms with van der Waals surface area (Å²) >= 11 is 0. The number of hydrogen-bond acceptors (Lipinski definition) is 3. The Bertz CT molecular complexity index is 521. The molecule has 114 valence electrons. The zero-order valence-corrected chi connectivity index (χ0v) is 12.7. The van der Waals surface area contributed by atoms with E-state index in [1.807, 2.05) is 18.2 Å². The Kier molecular flexibility index (Phi) is 5.39. The molecule has 1 aromatic rings. The maximum Gasteiger partial charge on any atom is 0.328 e. The Morgan fingerprint density at radius 2 is 2.24 bits per heavy atom. The second-order valence-electron chi connectivity index (χ2n) is 5.52. The van der Waals surface area contributed by atoms with E-state index in [1.165, 1.54) is 18.4 Å². The number of ether oxygens (including phenoxy) is 1. The Balaban J connectivity index is 2.11. The second kappa shape index (κ2) is 7.27. The smallest absolute Gasteiger partial charge is 0.328 e. The SMILES string of the molecule is CCN(Cc1ccc(OC)c(C=CC(=O)O)c1)CC1CC1. The van der Waals surface area contributed by atoms with Crippen molar-refractivity contribution < 1.29 is 14.6 Å². The number of aliphatic carboxylic acids is 1. The van der Waals surface area contributed by atoms with Crippen molar-refractivity contribution >= 4 is 12.0 Å². The van der Waals surface area contributed by atoms with E-state index in [-0.39, 0.29) is 0 Å². The van der Waals surface area contributed by atoms with Gasteiger partial charge >= 0.3 is 5.97 Å². The molecule has 21 heavy (non-hydrogen) atoms. The molecule has 1 aliphatic carbocycles. The van der Waals surface area contributed by atoms with Gasteiger partial charge in [0, 0.05) is 24.7 Å². The number of nitrogens with zero attached hydrogens (tertiary/aromatic N) is 1. The Morgan fingerprint density at radius 1 is 1.48 bits per heavy atom. The lowest BCUT2D eigenvalue weighted by Crippen LogP contribution is -2.25. The van der Waals surface area contributed by atoms with Gasteiger partial charge in [0.05, 0.1) is 7.11 Å². The van der Waals surface area contributed by atoms with Crippen molar-refractivity contribution in [3.63, 3.8) is 0 Å². The van der Waals surface area contributed by atoms with Crippen LogP contribution < -0.4 is 4.74 Å². The molecule has 0 unspecified atom stereocenters. The molecule has 0 spiro atoms. The molecule has 0 aromatic heterocycles. The van der Waals surface area contributed by atoms with Gasteiger partial charge in [-0.15, -0.1) is 0 Å². The molecule has 0 amide bonds. The number of methoxy groups -OCH3 is 1. The molecule has 4 heteroatoms. The third-order valence-corrected chi connectivity index (χ3v) is 3.77. The third-order valence-electron chi connectivity index (χ3n) is 3.77. The van der Waals surface area contributed by atoms with E-state index in [4.69, 9.17) is 9.84 Å². The van der Waals surface area contributed by atoms with Gasteiger partial charge in [-0.2, -0.15) is 0 Å². The molecule has 4 nitrogen and oxygen atoms in total. The standard InChI is InChI=1S/C17H23NO3/c1-3-18(11-13-4-5-13)12-14-6-8-16(21-2)15(10-14)7-9-17(19)20/h6-10,13H,3-5,11-12H2,1-2H3,(H,19,20). The summed E-state index contributed by atoms with van der Waals surface area (Å²) in [5.41, 5.74) is 1.99. The monoisotopic (exact) mass is 289 g/mol. The van der Waals surface area contributed by atoms with Gasteiger partial charge in [-0.05, 0) is 49.1 Å². The summed E-state index contributed by atoms with van der Waals surface area (Å²) in [7, 11) is 1.60. The number of benzene rings is 1. The van der Waals surface area contributed by atoms with Gasteiger partial charge < -0.3 is 9.84 Å². The predicted octanol–water partition coefficient (Wildman–Crippen LogP) is 3.02. The summed E-state index contributed by atoms with van der Waals surface area (Å²) in [5.74, 6) is 0.613. The Morgan fingerprint density at radius 3 is 2.81 bits per heavy atom. The average Bonchev–Trinajstić information content (AvgIpc) is 3.28. The van der Waals surface area contributed by atoms with Crippen molar-refractivity contribution in [3.8, 4) is 5.75 Å². The molecule has 1 N–H and O–H groups in total. The quantitative estimate of drug-likeness (QED) is 0.747. The minimum Gasteiger partial charge on any atom is -0.496 e. The predicted molar refractivity (Wildman–Crippen MR) is 83.3 cm³/mol.